The SMILES string of the molecule is CC(C)CCC1C(=O)N(COC(=O)c2c(Cl)cccc2Cl)S(=O)(=O)N1C. The molecule has 7 nitrogen and oxygen atoms in total. The Morgan fingerprint density at radius 1 is 1.27 bits per heavy atom. The highest BCUT2D eigenvalue weighted by atomic mass is 35.5. The lowest BCUT2D eigenvalue weighted by Crippen LogP contribution is -2.35. The number of ether oxygens (including phenoxy) is 1. The van der Waals surface area contributed by atoms with Crippen molar-refractivity contribution in [3.05, 3.63) is 33.8 Å². The molecule has 1 unspecified atom stereocenters. The van der Waals surface area contributed by atoms with Crippen molar-refractivity contribution in [1.82, 2.24) is 8.61 Å². The van der Waals surface area contributed by atoms with Crippen LogP contribution in [-0.4, -0.2) is 48.7 Å². The van der Waals surface area contributed by atoms with E-state index in [2.05, 4.69) is 0 Å². The molecule has 0 aromatic heterocycles. The number of rotatable bonds is 6. The van der Waals surface area contributed by atoms with Crippen LogP contribution < -0.4 is 0 Å². The normalized spacial score (nSPS) is 20.0. The van der Waals surface area contributed by atoms with Crippen molar-refractivity contribution in [3.63, 3.8) is 0 Å². The largest absolute Gasteiger partial charge is 0.439 e. The summed E-state index contributed by atoms with van der Waals surface area (Å²) in [4.78, 5) is 24.7. The van der Waals surface area contributed by atoms with E-state index >= 15 is 0 Å². The molecule has 0 bridgehead atoms. The number of likely N-dealkylation sites (N-methyl/N-ethyl adjacent to an activating group) is 1. The summed E-state index contributed by atoms with van der Waals surface area (Å²) < 4.78 is 31.4. The van der Waals surface area contributed by atoms with Gasteiger partial charge >= 0.3 is 16.2 Å². The van der Waals surface area contributed by atoms with Crippen LogP contribution in [0.25, 0.3) is 0 Å². The Hall–Kier alpha value is -1.35. The van der Waals surface area contributed by atoms with Crippen molar-refractivity contribution in [3.8, 4) is 0 Å². The number of carbonyl (C=O) groups is 2. The molecule has 144 valence electrons. The van der Waals surface area contributed by atoms with Gasteiger partial charge < -0.3 is 4.74 Å². The summed E-state index contributed by atoms with van der Waals surface area (Å²) >= 11 is 11.9. The minimum Gasteiger partial charge on any atom is -0.439 e. The molecule has 0 N–H and O–H groups in total. The van der Waals surface area contributed by atoms with Crippen LogP contribution in [0.4, 0.5) is 0 Å². The van der Waals surface area contributed by atoms with Crippen LogP contribution in [-0.2, 0) is 19.7 Å². The molecule has 1 aliphatic rings. The van der Waals surface area contributed by atoms with E-state index in [0.717, 1.165) is 4.31 Å². The standard InChI is InChI=1S/C16H20Cl2N2O5S/c1-10(2)7-8-13-15(21)20(26(23,24)19(13)3)9-25-16(22)14-11(17)5-4-6-12(14)18/h4-6,10,13H,7-9H2,1-3H3. The zero-order valence-electron chi connectivity index (χ0n) is 14.6. The quantitative estimate of drug-likeness (QED) is 0.657. The van der Waals surface area contributed by atoms with Crippen LogP contribution in [0.3, 0.4) is 0 Å². The van der Waals surface area contributed by atoms with E-state index in [-0.39, 0.29) is 15.6 Å². The maximum absolute atomic E-state index is 12.5. The van der Waals surface area contributed by atoms with Crippen LogP contribution in [0.15, 0.2) is 18.2 Å². The van der Waals surface area contributed by atoms with Crippen LogP contribution in [0.5, 0.6) is 0 Å². The number of nitrogens with zero attached hydrogens (tertiary/aromatic N) is 2. The molecule has 0 radical (unpaired) electrons. The third-order valence-electron chi connectivity index (χ3n) is 4.11. The molecular weight excluding hydrogens is 403 g/mol. The summed E-state index contributed by atoms with van der Waals surface area (Å²) in [6, 6.07) is 3.67. The smallest absolute Gasteiger partial charge is 0.342 e. The second kappa shape index (κ2) is 8.12. The maximum Gasteiger partial charge on any atom is 0.342 e. The fraction of sp³-hybridized carbons (Fsp3) is 0.500. The monoisotopic (exact) mass is 422 g/mol. The van der Waals surface area contributed by atoms with Gasteiger partial charge in [0.25, 0.3) is 5.91 Å². The molecule has 26 heavy (non-hydrogen) atoms. The predicted octanol–water partition coefficient (Wildman–Crippen LogP) is 2.93. The highest BCUT2D eigenvalue weighted by molar-refractivity contribution is 7.87. The van der Waals surface area contributed by atoms with Gasteiger partial charge in [0.2, 0.25) is 0 Å². The first-order valence-corrected chi connectivity index (χ1v) is 10.1. The predicted molar refractivity (Wildman–Crippen MR) is 98.1 cm³/mol. The number of esters is 1. The third kappa shape index (κ3) is 4.14. The third-order valence-corrected chi connectivity index (χ3v) is 6.56. The summed E-state index contributed by atoms with van der Waals surface area (Å²) in [5, 5.41) is 0.148. The molecule has 1 amide bonds. The van der Waals surface area contributed by atoms with Gasteiger partial charge in [0.05, 0.1) is 15.6 Å². The molecular formula is C16H20Cl2N2O5S. The number of hydrogen-bond donors (Lipinski definition) is 0. The van der Waals surface area contributed by atoms with Gasteiger partial charge in [0.15, 0.2) is 6.73 Å². The minimum atomic E-state index is -4.04. The molecule has 10 heteroatoms. The number of hydrogen-bond acceptors (Lipinski definition) is 5. The van der Waals surface area contributed by atoms with Gasteiger partial charge in [0.1, 0.15) is 6.04 Å². The van der Waals surface area contributed by atoms with Crippen LogP contribution >= 0.6 is 23.2 Å². The van der Waals surface area contributed by atoms with Crippen LogP contribution in [0, 0.1) is 5.92 Å². The Morgan fingerprint density at radius 3 is 2.38 bits per heavy atom. The highest BCUT2D eigenvalue weighted by Crippen LogP contribution is 2.28. The zero-order valence-corrected chi connectivity index (χ0v) is 16.9. The molecule has 1 fully saturated rings. The Labute approximate surface area is 163 Å². The lowest BCUT2D eigenvalue weighted by molar-refractivity contribution is -0.130. The van der Waals surface area contributed by atoms with Crippen molar-refractivity contribution >= 4 is 45.3 Å². The van der Waals surface area contributed by atoms with Gasteiger partial charge in [0, 0.05) is 7.05 Å². The zero-order chi connectivity index (χ0) is 19.6. The summed E-state index contributed by atoms with van der Waals surface area (Å²) in [7, 11) is -2.70. The fourth-order valence-electron chi connectivity index (χ4n) is 2.56. The van der Waals surface area contributed by atoms with E-state index in [1.807, 2.05) is 13.8 Å². The number of carbonyl (C=O) groups excluding carboxylic acids is 2. The van der Waals surface area contributed by atoms with E-state index in [0.29, 0.717) is 23.1 Å². The van der Waals surface area contributed by atoms with E-state index in [1.165, 1.54) is 19.2 Å². The number of amides is 1. The van der Waals surface area contributed by atoms with Crippen LogP contribution in [0.2, 0.25) is 10.0 Å². The first-order valence-electron chi connectivity index (χ1n) is 7.98. The first kappa shape index (κ1) is 21.0. The Kier molecular flexibility index (Phi) is 6.55. The molecule has 2 rings (SSSR count). The Balaban J connectivity index is 2.13. The molecule has 1 aromatic carbocycles. The Morgan fingerprint density at radius 2 is 1.85 bits per heavy atom. The lowest BCUT2D eigenvalue weighted by atomic mass is 10.0. The summed E-state index contributed by atoms with van der Waals surface area (Å²) in [5.41, 5.74) is -0.0791. The van der Waals surface area contributed by atoms with E-state index in [4.69, 9.17) is 27.9 Å². The maximum atomic E-state index is 12.5. The summed E-state index contributed by atoms with van der Waals surface area (Å²) in [5.74, 6) is -1.20. The number of halogens is 2. The molecule has 1 aromatic rings. The van der Waals surface area contributed by atoms with E-state index in [9.17, 15) is 18.0 Å². The van der Waals surface area contributed by atoms with Crippen molar-refractivity contribution < 1.29 is 22.7 Å². The van der Waals surface area contributed by atoms with Gasteiger partial charge in [-0.15, -0.1) is 0 Å². The second-order valence-electron chi connectivity index (χ2n) is 6.36. The topological polar surface area (TPSA) is 84.0 Å². The first-order chi connectivity index (χ1) is 12.1. The van der Waals surface area contributed by atoms with Gasteiger partial charge in [-0.3, -0.25) is 4.79 Å². The van der Waals surface area contributed by atoms with Crippen LogP contribution in [0.1, 0.15) is 37.0 Å². The summed E-state index contributed by atoms with van der Waals surface area (Å²) in [6.45, 7) is 3.24. The molecule has 0 aliphatic carbocycles. The molecule has 0 saturated carbocycles. The lowest BCUT2D eigenvalue weighted by Gasteiger charge is -2.16. The average Bonchev–Trinajstić information content (AvgIpc) is 2.69. The van der Waals surface area contributed by atoms with Gasteiger partial charge in [-0.05, 0) is 30.9 Å². The number of benzene rings is 1. The molecule has 1 saturated heterocycles. The molecule has 0 spiro atoms. The van der Waals surface area contributed by atoms with Gasteiger partial charge in [-0.2, -0.15) is 17.0 Å². The van der Waals surface area contributed by atoms with Crippen molar-refractivity contribution in [1.29, 1.82) is 0 Å². The second-order valence-corrected chi connectivity index (χ2v) is 9.08. The Bertz CT molecular complexity index is 793. The van der Waals surface area contributed by atoms with Crippen molar-refractivity contribution in [2.45, 2.75) is 32.7 Å². The van der Waals surface area contributed by atoms with E-state index in [1.54, 1.807) is 6.07 Å². The fourth-order valence-corrected chi connectivity index (χ4v) is 4.48. The van der Waals surface area contributed by atoms with Gasteiger partial charge in [-0.1, -0.05) is 43.1 Å². The van der Waals surface area contributed by atoms with Gasteiger partial charge in [-0.25, -0.2) is 4.79 Å². The minimum absolute atomic E-state index is 0.0741. The van der Waals surface area contributed by atoms with Crippen molar-refractivity contribution in [2.24, 2.45) is 5.92 Å². The summed E-state index contributed by atoms with van der Waals surface area (Å²) in [6.07, 6.45) is 1.09. The highest BCUT2D eigenvalue weighted by Gasteiger charge is 2.48. The average molecular weight is 423 g/mol. The van der Waals surface area contributed by atoms with E-state index < -0.39 is 34.9 Å². The molecule has 1 atom stereocenters. The molecule has 1 heterocycles. The molecule has 1 aliphatic heterocycles. The van der Waals surface area contributed by atoms with Crippen molar-refractivity contribution in [2.75, 3.05) is 13.8 Å².